The van der Waals surface area contributed by atoms with Crippen LogP contribution in [0.2, 0.25) is 0 Å². The van der Waals surface area contributed by atoms with Gasteiger partial charge in [-0.1, -0.05) is 244 Å². The molecule has 68 heavy (non-hydrogen) atoms. The highest BCUT2D eigenvalue weighted by Gasteiger charge is 2.30. The van der Waals surface area contributed by atoms with Crippen LogP contribution in [-0.4, -0.2) is 74.3 Å². The summed E-state index contributed by atoms with van der Waals surface area (Å²) in [7, 11) is 1.48. The van der Waals surface area contributed by atoms with Crippen LogP contribution < -0.4 is 5.32 Å². The summed E-state index contributed by atoms with van der Waals surface area (Å²) in [6, 6.07) is -0.865. The van der Waals surface area contributed by atoms with Crippen LogP contribution in [0.4, 0.5) is 0 Å². The third kappa shape index (κ3) is 49.2. The molecule has 0 saturated carbocycles. The van der Waals surface area contributed by atoms with Crippen molar-refractivity contribution in [2.45, 2.75) is 283 Å². The molecule has 0 aliphatic carbocycles. The van der Waals surface area contributed by atoms with E-state index in [1.54, 1.807) is 0 Å². The Labute approximate surface area is 421 Å². The van der Waals surface area contributed by atoms with Gasteiger partial charge in [-0.15, -0.1) is 0 Å². The summed E-state index contributed by atoms with van der Waals surface area (Å²) >= 11 is 0. The molecule has 0 spiro atoms. The number of allylic oxidation sites excluding steroid dienone is 5. The number of carbonyl (C=O) groups excluding carboxylic acids is 2. The molecular formula is C58H112N2O7P+. The van der Waals surface area contributed by atoms with Crippen LogP contribution in [0.25, 0.3) is 0 Å². The van der Waals surface area contributed by atoms with E-state index in [0.717, 1.165) is 51.4 Å². The number of quaternary nitrogens is 1. The van der Waals surface area contributed by atoms with Crippen molar-refractivity contribution >= 4 is 19.7 Å². The summed E-state index contributed by atoms with van der Waals surface area (Å²) in [5, 5.41) is 3.04. The first-order chi connectivity index (χ1) is 32.9. The second-order valence-electron chi connectivity index (χ2n) is 20.8. The van der Waals surface area contributed by atoms with Gasteiger partial charge in [-0.25, -0.2) is 4.57 Å². The number of esters is 1. The number of likely N-dealkylation sites (N-methyl/N-ethyl adjacent to an activating group) is 1. The van der Waals surface area contributed by atoms with Gasteiger partial charge in [0.1, 0.15) is 19.3 Å². The number of carbonyl (C=O) groups is 2. The van der Waals surface area contributed by atoms with Gasteiger partial charge in [0, 0.05) is 12.8 Å². The van der Waals surface area contributed by atoms with Gasteiger partial charge >= 0.3 is 13.8 Å². The number of rotatable bonds is 52. The number of hydrogen-bond acceptors (Lipinski definition) is 6. The maximum Gasteiger partial charge on any atom is 0.472 e. The Morgan fingerprint density at radius 1 is 0.515 bits per heavy atom. The zero-order valence-electron chi connectivity index (χ0n) is 45.6. The summed E-state index contributed by atoms with van der Waals surface area (Å²) in [5.41, 5.74) is 0. The van der Waals surface area contributed by atoms with E-state index < -0.39 is 20.0 Å². The maximum atomic E-state index is 13.5. The Hall–Kier alpha value is -1.77. The number of nitrogens with one attached hydrogen (secondary N) is 1. The van der Waals surface area contributed by atoms with E-state index in [2.05, 4.69) is 44.3 Å². The second-order valence-corrected chi connectivity index (χ2v) is 22.3. The van der Waals surface area contributed by atoms with Crippen molar-refractivity contribution in [1.82, 2.24) is 5.32 Å². The minimum Gasteiger partial charge on any atom is -0.456 e. The molecule has 9 nitrogen and oxygen atoms in total. The Morgan fingerprint density at radius 2 is 0.912 bits per heavy atom. The Balaban J connectivity index is 5.41. The molecule has 0 heterocycles. The Bertz CT molecular complexity index is 1270. The fourth-order valence-electron chi connectivity index (χ4n) is 8.35. The summed E-state index contributed by atoms with van der Waals surface area (Å²) in [6.07, 6.45) is 57.2. The molecule has 0 radical (unpaired) electrons. The summed E-state index contributed by atoms with van der Waals surface area (Å²) < 4.78 is 30.5. The monoisotopic (exact) mass is 980 g/mol. The smallest absolute Gasteiger partial charge is 0.456 e. The zero-order chi connectivity index (χ0) is 50.1. The van der Waals surface area contributed by atoms with Gasteiger partial charge in [0.15, 0.2) is 0 Å². The summed E-state index contributed by atoms with van der Waals surface area (Å²) in [4.78, 5) is 37.5. The number of ether oxygens (including phenoxy) is 1. The van der Waals surface area contributed by atoms with Crippen molar-refractivity contribution in [1.29, 1.82) is 0 Å². The van der Waals surface area contributed by atoms with Crippen LogP contribution in [0.3, 0.4) is 0 Å². The van der Waals surface area contributed by atoms with Crippen molar-refractivity contribution in [3.63, 3.8) is 0 Å². The lowest BCUT2D eigenvalue weighted by molar-refractivity contribution is -0.870. The van der Waals surface area contributed by atoms with Crippen molar-refractivity contribution < 1.29 is 37.3 Å². The third-order valence-corrected chi connectivity index (χ3v) is 13.8. The highest BCUT2D eigenvalue weighted by Crippen LogP contribution is 2.43. The van der Waals surface area contributed by atoms with Crippen LogP contribution in [0.1, 0.15) is 271 Å². The molecule has 0 rings (SSSR count). The summed E-state index contributed by atoms with van der Waals surface area (Å²) in [6.45, 7) is 6.99. The van der Waals surface area contributed by atoms with E-state index in [0.29, 0.717) is 23.9 Å². The molecule has 0 fully saturated rings. The summed E-state index contributed by atoms with van der Waals surface area (Å²) in [5.74, 6) is -0.573. The largest absolute Gasteiger partial charge is 0.472 e. The van der Waals surface area contributed by atoms with Crippen molar-refractivity contribution in [2.24, 2.45) is 0 Å². The van der Waals surface area contributed by atoms with Gasteiger partial charge in [-0.3, -0.25) is 18.6 Å². The first kappa shape index (κ1) is 66.2. The normalized spacial score (nSPS) is 14.0. The van der Waals surface area contributed by atoms with Gasteiger partial charge in [-0.2, -0.15) is 0 Å². The predicted molar refractivity (Wildman–Crippen MR) is 291 cm³/mol. The zero-order valence-corrected chi connectivity index (χ0v) is 46.5. The molecule has 0 aromatic heterocycles. The first-order valence-corrected chi connectivity index (χ1v) is 30.3. The number of unbranched alkanes of at least 4 members (excludes halogenated alkanes) is 32. The van der Waals surface area contributed by atoms with Gasteiger partial charge in [-0.05, 0) is 51.0 Å². The van der Waals surface area contributed by atoms with Crippen molar-refractivity contribution in [2.75, 3.05) is 40.9 Å². The Kier molecular flexibility index (Phi) is 47.6. The molecule has 2 N–H and O–H groups in total. The molecule has 0 bridgehead atoms. The quantitative estimate of drug-likeness (QED) is 0.0205. The molecule has 1 amide bonds. The van der Waals surface area contributed by atoms with Crippen LogP contribution in [0, 0.1) is 0 Å². The van der Waals surface area contributed by atoms with Crippen LogP contribution in [0.15, 0.2) is 36.5 Å². The number of phosphoric acid groups is 1. The molecule has 0 aromatic carbocycles. The van der Waals surface area contributed by atoms with Crippen molar-refractivity contribution in [3.8, 4) is 0 Å². The highest BCUT2D eigenvalue weighted by atomic mass is 31.2. The molecule has 0 aliphatic rings. The lowest BCUT2D eigenvalue weighted by Gasteiger charge is -2.27. The van der Waals surface area contributed by atoms with E-state index in [1.807, 2.05) is 39.4 Å². The fourth-order valence-corrected chi connectivity index (χ4v) is 9.08. The fraction of sp³-hybridized carbons (Fsp3) is 0.862. The minimum atomic E-state index is -4.45. The molecule has 0 saturated heterocycles. The molecule has 10 heteroatoms. The third-order valence-electron chi connectivity index (χ3n) is 12.8. The van der Waals surface area contributed by atoms with Gasteiger partial charge in [0.2, 0.25) is 5.91 Å². The van der Waals surface area contributed by atoms with E-state index in [-0.39, 0.29) is 31.5 Å². The average molecular weight is 981 g/mol. The van der Waals surface area contributed by atoms with Gasteiger partial charge in [0.05, 0.1) is 33.8 Å². The van der Waals surface area contributed by atoms with Crippen LogP contribution in [0.5, 0.6) is 0 Å². The van der Waals surface area contributed by atoms with E-state index in [9.17, 15) is 19.0 Å². The lowest BCUT2D eigenvalue weighted by Crippen LogP contribution is -2.47. The molecule has 3 unspecified atom stereocenters. The van der Waals surface area contributed by atoms with Gasteiger partial charge in [0.25, 0.3) is 0 Å². The first-order valence-electron chi connectivity index (χ1n) is 28.8. The molecule has 0 aromatic rings. The van der Waals surface area contributed by atoms with Gasteiger partial charge < -0.3 is 19.4 Å². The van der Waals surface area contributed by atoms with Crippen LogP contribution in [-0.2, 0) is 27.9 Å². The molecular weight excluding hydrogens is 868 g/mol. The molecule has 0 aliphatic heterocycles. The highest BCUT2D eigenvalue weighted by molar-refractivity contribution is 7.47. The average Bonchev–Trinajstić information content (AvgIpc) is 3.29. The number of hydrogen-bond donors (Lipinski definition) is 2. The number of amides is 1. The number of phosphoric ester groups is 1. The van der Waals surface area contributed by atoms with E-state index in [4.69, 9.17) is 13.8 Å². The predicted octanol–water partition coefficient (Wildman–Crippen LogP) is 17.2. The minimum absolute atomic E-state index is 0.0350. The van der Waals surface area contributed by atoms with Crippen LogP contribution >= 0.6 is 7.82 Å². The van der Waals surface area contributed by atoms with E-state index in [1.165, 1.54) is 180 Å². The standard InChI is InChI=1S/C58H111N2O7P/c1-7-10-13-16-19-22-25-28-29-30-33-35-38-41-44-47-50-57(61)59-55(54-66-68(63,64)65-53-52-60(4,5)6)56(49-46-43-40-37-34-31-26-23-20-17-14-11-8-2)67-58(62)51-48-45-42-39-36-32-27-24-21-18-15-12-9-3/h32,36,42,45-46,49,55-56H,7-31,33-35,37-41,43-44,47-48,50-54H2,1-6H3,(H-,59,61,63,64)/p+1/b36-32-,45-42+,49-46+. The Morgan fingerprint density at radius 3 is 1.35 bits per heavy atom. The number of nitrogens with zero attached hydrogens (tertiary/aromatic N) is 1. The maximum absolute atomic E-state index is 13.5. The van der Waals surface area contributed by atoms with Crippen molar-refractivity contribution in [3.05, 3.63) is 36.5 Å². The SMILES string of the molecule is CCCCCCCC/C=C\C/C=C/CCC(=O)OC(/C=C/CCCCCCCCCCCCC)C(COP(=O)(O)OCC[N+](C)(C)C)NC(=O)CCCCCCCCCCCCCCCCCC. The lowest BCUT2D eigenvalue weighted by atomic mass is 10.0. The van der Waals surface area contributed by atoms with E-state index >= 15 is 0 Å². The topological polar surface area (TPSA) is 111 Å². The molecule has 400 valence electrons. The molecule has 3 atom stereocenters. The second kappa shape index (κ2) is 48.8.